The summed E-state index contributed by atoms with van der Waals surface area (Å²) in [5.41, 5.74) is 2.98. The van der Waals surface area contributed by atoms with E-state index in [4.69, 9.17) is 27.9 Å². The van der Waals surface area contributed by atoms with Crippen molar-refractivity contribution in [1.29, 1.82) is 0 Å². The number of ether oxygens (including phenoxy) is 1. The minimum atomic E-state index is -0.224. The van der Waals surface area contributed by atoms with Gasteiger partial charge in [-0.15, -0.1) is 0 Å². The van der Waals surface area contributed by atoms with E-state index in [0.717, 1.165) is 16.8 Å². The molecule has 5 nitrogen and oxygen atoms in total. The van der Waals surface area contributed by atoms with Gasteiger partial charge < -0.3 is 14.5 Å². The van der Waals surface area contributed by atoms with Crippen molar-refractivity contribution in [1.82, 2.24) is 4.90 Å². The first kappa shape index (κ1) is 23.3. The fourth-order valence-electron chi connectivity index (χ4n) is 3.75. The maximum Gasteiger partial charge on any atom is 0.260 e. The molecule has 1 fully saturated rings. The van der Waals surface area contributed by atoms with Crippen molar-refractivity contribution in [2.24, 2.45) is 0 Å². The number of carbonyl (C=O) groups is 2. The second kappa shape index (κ2) is 10.8. The van der Waals surface area contributed by atoms with Gasteiger partial charge in [0.25, 0.3) is 5.91 Å². The predicted octanol–water partition coefficient (Wildman–Crippen LogP) is 5.24. The van der Waals surface area contributed by atoms with E-state index >= 15 is 0 Å². The summed E-state index contributed by atoms with van der Waals surface area (Å²) in [5, 5.41) is 0.777. The van der Waals surface area contributed by atoms with E-state index in [-0.39, 0.29) is 11.8 Å². The summed E-state index contributed by atoms with van der Waals surface area (Å²) in [5.74, 6) is -0.145. The molecule has 2 amide bonds. The maximum absolute atomic E-state index is 13.5. The second-order valence-corrected chi connectivity index (χ2v) is 8.68. The monoisotopic (exact) mass is 482 g/mol. The number of carbonyl (C=O) groups excluding carboxylic acids is 2. The molecule has 7 heteroatoms. The first-order chi connectivity index (χ1) is 16.0. The highest BCUT2D eigenvalue weighted by Crippen LogP contribution is 2.26. The van der Waals surface area contributed by atoms with Gasteiger partial charge in [0, 0.05) is 23.8 Å². The maximum atomic E-state index is 13.5. The number of hydrogen-bond donors (Lipinski definition) is 0. The standard InChI is InChI=1S/C26H24Cl2N2O3/c27-21-8-11-23(24(28)17-21)26(32)30(18-20-4-2-1-3-5-20)22-9-6-19(7-10-22)16-25(31)29-12-14-33-15-13-29/h1-11,17H,12-16,18H2. The zero-order valence-electron chi connectivity index (χ0n) is 18.0. The van der Waals surface area contributed by atoms with Gasteiger partial charge in [-0.2, -0.15) is 0 Å². The minimum Gasteiger partial charge on any atom is -0.378 e. The van der Waals surface area contributed by atoms with Crippen molar-refractivity contribution in [3.05, 3.63) is 99.5 Å². The zero-order chi connectivity index (χ0) is 23.2. The molecule has 33 heavy (non-hydrogen) atoms. The van der Waals surface area contributed by atoms with Crippen LogP contribution in [0.15, 0.2) is 72.8 Å². The van der Waals surface area contributed by atoms with Gasteiger partial charge in [-0.3, -0.25) is 9.59 Å². The first-order valence-corrected chi connectivity index (χ1v) is 11.5. The van der Waals surface area contributed by atoms with Crippen LogP contribution >= 0.6 is 23.2 Å². The van der Waals surface area contributed by atoms with Gasteiger partial charge >= 0.3 is 0 Å². The number of amides is 2. The molecule has 170 valence electrons. The van der Waals surface area contributed by atoms with Crippen LogP contribution in [0.25, 0.3) is 0 Å². The van der Waals surface area contributed by atoms with Crippen LogP contribution in [0.4, 0.5) is 5.69 Å². The number of hydrogen-bond acceptors (Lipinski definition) is 3. The summed E-state index contributed by atoms with van der Waals surface area (Å²) in [4.78, 5) is 29.5. The van der Waals surface area contributed by atoms with Gasteiger partial charge in [-0.25, -0.2) is 0 Å². The van der Waals surface area contributed by atoms with E-state index in [1.165, 1.54) is 0 Å². The smallest absolute Gasteiger partial charge is 0.260 e. The van der Waals surface area contributed by atoms with Gasteiger partial charge in [0.1, 0.15) is 0 Å². The Morgan fingerprint density at radius 1 is 0.879 bits per heavy atom. The van der Waals surface area contributed by atoms with E-state index < -0.39 is 0 Å². The molecule has 1 saturated heterocycles. The molecule has 0 aromatic heterocycles. The molecule has 0 atom stereocenters. The third kappa shape index (κ3) is 5.93. The Labute approximate surface area is 203 Å². The molecule has 1 aliphatic heterocycles. The van der Waals surface area contributed by atoms with Crippen molar-refractivity contribution in [2.45, 2.75) is 13.0 Å². The Hall–Kier alpha value is -2.86. The average Bonchev–Trinajstić information content (AvgIpc) is 2.84. The van der Waals surface area contributed by atoms with Crippen molar-refractivity contribution >= 4 is 40.7 Å². The lowest BCUT2D eigenvalue weighted by atomic mass is 10.1. The largest absolute Gasteiger partial charge is 0.378 e. The minimum absolute atomic E-state index is 0.0798. The Kier molecular flexibility index (Phi) is 7.65. The Morgan fingerprint density at radius 2 is 1.58 bits per heavy atom. The lowest BCUT2D eigenvalue weighted by molar-refractivity contribution is -0.134. The third-order valence-corrected chi connectivity index (χ3v) is 6.11. The molecule has 0 spiro atoms. The van der Waals surface area contributed by atoms with Crippen LogP contribution in [0, 0.1) is 0 Å². The molecule has 1 aliphatic rings. The highest BCUT2D eigenvalue weighted by molar-refractivity contribution is 6.37. The van der Waals surface area contributed by atoms with E-state index in [2.05, 4.69) is 0 Å². The molecule has 4 rings (SSSR count). The fourth-order valence-corrected chi connectivity index (χ4v) is 4.24. The number of nitrogens with zero attached hydrogens (tertiary/aromatic N) is 2. The molecular weight excluding hydrogens is 459 g/mol. The quantitative estimate of drug-likeness (QED) is 0.482. The van der Waals surface area contributed by atoms with Crippen molar-refractivity contribution in [3.63, 3.8) is 0 Å². The summed E-state index contributed by atoms with van der Waals surface area (Å²) in [6, 6.07) is 22.1. The summed E-state index contributed by atoms with van der Waals surface area (Å²) < 4.78 is 5.32. The van der Waals surface area contributed by atoms with Crippen LogP contribution in [0.1, 0.15) is 21.5 Å². The van der Waals surface area contributed by atoms with Gasteiger partial charge in [-0.1, -0.05) is 65.7 Å². The van der Waals surface area contributed by atoms with Gasteiger partial charge in [0.2, 0.25) is 5.91 Å². The molecule has 0 saturated carbocycles. The lowest BCUT2D eigenvalue weighted by Gasteiger charge is -2.27. The summed E-state index contributed by atoms with van der Waals surface area (Å²) in [7, 11) is 0. The molecule has 0 bridgehead atoms. The normalized spacial score (nSPS) is 13.6. The number of halogens is 2. The number of anilines is 1. The summed E-state index contributed by atoms with van der Waals surface area (Å²) in [6.07, 6.45) is 0.315. The van der Waals surface area contributed by atoms with Gasteiger partial charge in [0.15, 0.2) is 0 Å². The van der Waals surface area contributed by atoms with E-state index in [1.54, 1.807) is 23.1 Å². The fraction of sp³-hybridized carbons (Fsp3) is 0.231. The van der Waals surface area contributed by atoms with E-state index in [1.807, 2.05) is 59.5 Å². The van der Waals surface area contributed by atoms with Gasteiger partial charge in [0.05, 0.1) is 36.8 Å². The first-order valence-electron chi connectivity index (χ1n) is 10.8. The molecular formula is C26H24Cl2N2O3. The number of morpholine rings is 1. The number of benzene rings is 3. The summed E-state index contributed by atoms with van der Waals surface area (Å²) >= 11 is 12.3. The third-order valence-electron chi connectivity index (χ3n) is 5.56. The van der Waals surface area contributed by atoms with Crippen LogP contribution in [0.2, 0.25) is 10.0 Å². The Morgan fingerprint density at radius 3 is 2.24 bits per heavy atom. The molecule has 3 aromatic rings. The number of rotatable bonds is 6. The van der Waals surface area contributed by atoms with E-state index in [0.29, 0.717) is 54.9 Å². The molecule has 0 unspecified atom stereocenters. The molecule has 0 N–H and O–H groups in total. The second-order valence-electron chi connectivity index (χ2n) is 7.84. The molecule has 3 aromatic carbocycles. The van der Waals surface area contributed by atoms with Crippen LogP contribution < -0.4 is 4.90 Å². The van der Waals surface area contributed by atoms with Crippen LogP contribution in [-0.4, -0.2) is 43.0 Å². The van der Waals surface area contributed by atoms with Gasteiger partial charge in [-0.05, 0) is 41.5 Å². The Bertz CT molecular complexity index is 1110. The average molecular weight is 483 g/mol. The van der Waals surface area contributed by atoms with Crippen LogP contribution in [0.5, 0.6) is 0 Å². The zero-order valence-corrected chi connectivity index (χ0v) is 19.6. The van der Waals surface area contributed by atoms with Crippen molar-refractivity contribution in [2.75, 3.05) is 31.2 Å². The van der Waals surface area contributed by atoms with Crippen LogP contribution in [-0.2, 0) is 22.5 Å². The molecule has 0 aliphatic carbocycles. The van der Waals surface area contributed by atoms with Crippen LogP contribution in [0.3, 0.4) is 0 Å². The van der Waals surface area contributed by atoms with Crippen molar-refractivity contribution < 1.29 is 14.3 Å². The molecule has 0 radical (unpaired) electrons. The molecule has 1 heterocycles. The highest BCUT2D eigenvalue weighted by Gasteiger charge is 2.22. The predicted molar refractivity (Wildman–Crippen MR) is 131 cm³/mol. The van der Waals surface area contributed by atoms with Crippen molar-refractivity contribution in [3.8, 4) is 0 Å². The topological polar surface area (TPSA) is 49.9 Å². The summed E-state index contributed by atoms with van der Waals surface area (Å²) in [6.45, 7) is 2.78. The lowest BCUT2D eigenvalue weighted by Crippen LogP contribution is -2.41. The Balaban J connectivity index is 1.57. The highest BCUT2D eigenvalue weighted by atomic mass is 35.5. The van der Waals surface area contributed by atoms with E-state index in [9.17, 15) is 9.59 Å². The SMILES string of the molecule is O=C(Cc1ccc(N(Cc2ccccc2)C(=O)c2ccc(Cl)cc2Cl)cc1)N1CCOCC1.